The van der Waals surface area contributed by atoms with Crippen molar-refractivity contribution in [2.24, 2.45) is 0 Å². The molecule has 0 saturated heterocycles. The van der Waals surface area contributed by atoms with Crippen molar-refractivity contribution in [3.05, 3.63) is 35.4 Å². The van der Waals surface area contributed by atoms with Gasteiger partial charge in [-0.15, -0.1) is 4.98 Å². The summed E-state index contributed by atoms with van der Waals surface area (Å²) in [7, 11) is 2.88. The molecular formula is C12H13FN4O2. The van der Waals surface area contributed by atoms with Gasteiger partial charge >= 0.3 is 12.0 Å². The Labute approximate surface area is 109 Å². The van der Waals surface area contributed by atoms with Gasteiger partial charge in [-0.1, -0.05) is 12.1 Å². The summed E-state index contributed by atoms with van der Waals surface area (Å²) in [6.07, 6.45) is 0.263. The van der Waals surface area contributed by atoms with Crippen molar-refractivity contribution >= 4 is 5.69 Å². The van der Waals surface area contributed by atoms with Gasteiger partial charge < -0.3 is 15.2 Å². The van der Waals surface area contributed by atoms with Gasteiger partial charge in [-0.25, -0.2) is 4.39 Å². The van der Waals surface area contributed by atoms with Gasteiger partial charge in [0.2, 0.25) is 0 Å². The minimum Gasteiger partial charge on any atom is -0.467 e. The second-order valence-corrected chi connectivity index (χ2v) is 3.71. The molecule has 2 aromatic rings. The van der Waals surface area contributed by atoms with Gasteiger partial charge in [-0.05, 0) is 11.6 Å². The smallest absolute Gasteiger partial charge is 0.322 e. The second-order valence-electron chi connectivity index (χ2n) is 3.71. The van der Waals surface area contributed by atoms with Gasteiger partial charge in [-0.2, -0.15) is 9.97 Å². The molecule has 6 nitrogen and oxygen atoms in total. The highest BCUT2D eigenvalue weighted by atomic mass is 19.1. The number of nitrogens with zero attached hydrogens (tertiary/aromatic N) is 3. The number of para-hydroxylation sites is 1. The largest absolute Gasteiger partial charge is 0.467 e. The highest BCUT2D eigenvalue weighted by Gasteiger charge is 2.11. The van der Waals surface area contributed by atoms with Crippen molar-refractivity contribution in [3.8, 4) is 12.0 Å². The Morgan fingerprint density at radius 3 is 2.32 bits per heavy atom. The molecule has 0 atom stereocenters. The number of nitrogens with two attached hydrogens (primary N) is 1. The zero-order valence-corrected chi connectivity index (χ0v) is 10.6. The van der Waals surface area contributed by atoms with Crippen LogP contribution in [0.3, 0.4) is 0 Å². The van der Waals surface area contributed by atoms with Crippen molar-refractivity contribution in [3.63, 3.8) is 0 Å². The lowest BCUT2D eigenvalue weighted by Gasteiger charge is -2.07. The molecule has 7 heteroatoms. The number of rotatable bonds is 4. The van der Waals surface area contributed by atoms with E-state index >= 15 is 0 Å². The third-order valence-electron chi connectivity index (χ3n) is 2.50. The topological polar surface area (TPSA) is 83.2 Å². The molecule has 0 spiro atoms. The Balaban J connectivity index is 2.34. The first-order chi connectivity index (χ1) is 9.13. The Morgan fingerprint density at radius 2 is 1.74 bits per heavy atom. The van der Waals surface area contributed by atoms with Gasteiger partial charge in [-0.3, -0.25) is 0 Å². The first kappa shape index (κ1) is 13.0. The van der Waals surface area contributed by atoms with Crippen LogP contribution < -0.4 is 15.2 Å². The number of aromatic nitrogens is 3. The van der Waals surface area contributed by atoms with Crippen molar-refractivity contribution < 1.29 is 13.9 Å². The molecule has 0 saturated carbocycles. The summed E-state index contributed by atoms with van der Waals surface area (Å²) in [6.45, 7) is 0. The van der Waals surface area contributed by atoms with E-state index in [2.05, 4.69) is 15.0 Å². The lowest BCUT2D eigenvalue weighted by Crippen LogP contribution is -2.06. The van der Waals surface area contributed by atoms with Crippen LogP contribution in [0.5, 0.6) is 12.0 Å². The lowest BCUT2D eigenvalue weighted by atomic mass is 10.1. The fourth-order valence-corrected chi connectivity index (χ4v) is 1.55. The van der Waals surface area contributed by atoms with Crippen molar-refractivity contribution in [2.45, 2.75) is 6.42 Å². The summed E-state index contributed by atoms with van der Waals surface area (Å²) < 4.78 is 23.2. The Morgan fingerprint density at radius 1 is 1.11 bits per heavy atom. The molecule has 2 rings (SSSR count). The molecule has 0 fully saturated rings. The van der Waals surface area contributed by atoms with E-state index in [1.807, 2.05) is 0 Å². The van der Waals surface area contributed by atoms with E-state index in [9.17, 15) is 4.39 Å². The highest BCUT2D eigenvalue weighted by Crippen LogP contribution is 2.19. The molecule has 100 valence electrons. The molecule has 19 heavy (non-hydrogen) atoms. The zero-order valence-electron chi connectivity index (χ0n) is 10.6. The predicted octanol–water partition coefficient (Wildman–Crippen LogP) is 1.20. The Kier molecular flexibility index (Phi) is 3.74. The van der Waals surface area contributed by atoms with Crippen molar-refractivity contribution in [2.75, 3.05) is 20.0 Å². The van der Waals surface area contributed by atoms with Crippen LogP contribution in [0.25, 0.3) is 0 Å². The molecule has 0 unspecified atom stereocenters. The summed E-state index contributed by atoms with van der Waals surface area (Å²) in [5.41, 5.74) is 6.34. The molecule has 0 radical (unpaired) electrons. The van der Waals surface area contributed by atoms with Crippen LogP contribution in [0.2, 0.25) is 0 Å². The number of benzene rings is 1. The zero-order chi connectivity index (χ0) is 13.8. The first-order valence-corrected chi connectivity index (χ1v) is 5.50. The van der Waals surface area contributed by atoms with E-state index in [-0.39, 0.29) is 24.1 Å². The van der Waals surface area contributed by atoms with Gasteiger partial charge in [0.1, 0.15) is 11.6 Å². The van der Waals surface area contributed by atoms with E-state index in [4.69, 9.17) is 15.2 Å². The third kappa shape index (κ3) is 2.87. The van der Waals surface area contributed by atoms with Gasteiger partial charge in [0, 0.05) is 6.42 Å². The van der Waals surface area contributed by atoms with E-state index in [1.54, 1.807) is 12.1 Å². The van der Waals surface area contributed by atoms with Crippen LogP contribution in [0.4, 0.5) is 10.1 Å². The van der Waals surface area contributed by atoms with Gasteiger partial charge in [0.05, 0.1) is 19.9 Å². The van der Waals surface area contributed by atoms with Crippen LogP contribution in [0.1, 0.15) is 11.4 Å². The third-order valence-corrected chi connectivity index (χ3v) is 2.50. The van der Waals surface area contributed by atoms with Crippen LogP contribution in [-0.2, 0) is 6.42 Å². The summed E-state index contributed by atoms with van der Waals surface area (Å²) in [6, 6.07) is 4.86. The highest BCUT2D eigenvalue weighted by molar-refractivity contribution is 5.49. The molecular weight excluding hydrogens is 251 g/mol. The maximum atomic E-state index is 13.3. The summed E-state index contributed by atoms with van der Waals surface area (Å²) in [5, 5.41) is 0. The molecule has 0 amide bonds. The van der Waals surface area contributed by atoms with E-state index in [0.29, 0.717) is 11.4 Å². The Hall–Kier alpha value is -2.44. The average molecular weight is 264 g/mol. The maximum Gasteiger partial charge on any atom is 0.322 e. The number of ether oxygens (including phenoxy) is 2. The van der Waals surface area contributed by atoms with E-state index in [0.717, 1.165) is 0 Å². The quantitative estimate of drug-likeness (QED) is 0.835. The fraction of sp³-hybridized carbons (Fsp3) is 0.250. The first-order valence-electron chi connectivity index (χ1n) is 5.50. The van der Waals surface area contributed by atoms with Gasteiger partial charge in [0.15, 0.2) is 0 Å². The summed E-state index contributed by atoms with van der Waals surface area (Å²) >= 11 is 0. The minimum atomic E-state index is -0.467. The normalized spacial score (nSPS) is 10.3. The number of nitrogen functional groups attached to an aromatic ring is 1. The fourth-order valence-electron chi connectivity index (χ4n) is 1.55. The number of anilines is 1. The van der Waals surface area contributed by atoms with Crippen LogP contribution in [0.15, 0.2) is 18.2 Å². The second kappa shape index (κ2) is 5.47. The molecule has 1 aromatic carbocycles. The monoisotopic (exact) mass is 264 g/mol. The molecule has 0 bridgehead atoms. The lowest BCUT2D eigenvalue weighted by molar-refractivity contribution is 0.337. The minimum absolute atomic E-state index is 0.0841. The predicted molar refractivity (Wildman–Crippen MR) is 66.5 cm³/mol. The van der Waals surface area contributed by atoms with E-state index < -0.39 is 5.82 Å². The number of hydrogen-bond donors (Lipinski definition) is 1. The van der Waals surface area contributed by atoms with E-state index in [1.165, 1.54) is 20.3 Å². The summed E-state index contributed by atoms with van der Waals surface area (Å²) in [5.74, 6) is -0.0773. The van der Waals surface area contributed by atoms with Crippen LogP contribution in [-0.4, -0.2) is 29.2 Å². The van der Waals surface area contributed by atoms with Crippen LogP contribution >= 0.6 is 0 Å². The SMILES string of the molecule is COc1nc(Cc2cccc(F)c2N)nc(OC)n1. The molecule has 0 aliphatic carbocycles. The standard InChI is InChI=1S/C12H13FN4O2/c1-18-11-15-9(16-12(17-11)19-2)6-7-4-3-5-8(13)10(7)14/h3-5H,6,14H2,1-2H3. The van der Waals surface area contributed by atoms with Crippen LogP contribution in [0, 0.1) is 5.82 Å². The maximum absolute atomic E-state index is 13.3. The van der Waals surface area contributed by atoms with Crippen molar-refractivity contribution in [1.82, 2.24) is 15.0 Å². The van der Waals surface area contributed by atoms with Gasteiger partial charge in [0.25, 0.3) is 0 Å². The molecule has 2 N–H and O–H groups in total. The molecule has 0 aliphatic rings. The summed E-state index contributed by atoms with van der Waals surface area (Å²) in [4.78, 5) is 12.0. The number of hydrogen-bond acceptors (Lipinski definition) is 6. The molecule has 0 aliphatic heterocycles. The number of halogens is 1. The molecule has 1 aromatic heterocycles. The van der Waals surface area contributed by atoms with Crippen molar-refractivity contribution in [1.29, 1.82) is 0 Å². The number of methoxy groups -OCH3 is 2. The molecule has 1 heterocycles. The average Bonchev–Trinajstić information content (AvgIpc) is 2.43. The Bertz CT molecular complexity index is 570.